The largest absolute Gasteiger partial charge is 0.396 e. The molecular formula is C9H13NO2. The summed E-state index contributed by atoms with van der Waals surface area (Å²) in [5.74, 6) is 0.902. The van der Waals surface area contributed by atoms with E-state index in [4.69, 9.17) is 9.63 Å². The smallest absolute Gasteiger partial charge is 0.137 e. The van der Waals surface area contributed by atoms with Crippen molar-refractivity contribution in [2.75, 3.05) is 6.61 Å². The fourth-order valence-electron chi connectivity index (χ4n) is 1.44. The maximum absolute atomic E-state index is 9.06. The first kappa shape index (κ1) is 7.80. The third kappa shape index (κ3) is 1.37. The van der Waals surface area contributed by atoms with E-state index in [1.54, 1.807) is 0 Å². The van der Waals surface area contributed by atoms with Gasteiger partial charge in [-0.3, -0.25) is 0 Å². The van der Waals surface area contributed by atoms with Gasteiger partial charge in [-0.25, -0.2) is 0 Å². The van der Waals surface area contributed by atoms with Crippen LogP contribution in [0, 0.1) is 12.3 Å². The average molecular weight is 167 g/mol. The molecule has 1 fully saturated rings. The molecule has 1 heterocycles. The fourth-order valence-corrected chi connectivity index (χ4v) is 1.44. The molecule has 0 saturated heterocycles. The highest BCUT2D eigenvalue weighted by atomic mass is 16.5. The lowest BCUT2D eigenvalue weighted by Crippen LogP contribution is -2.09. The summed E-state index contributed by atoms with van der Waals surface area (Å²) < 4.78 is 5.08. The van der Waals surface area contributed by atoms with Gasteiger partial charge in [0.2, 0.25) is 0 Å². The predicted molar refractivity (Wildman–Crippen MR) is 43.7 cm³/mol. The number of hydrogen-bond acceptors (Lipinski definition) is 3. The van der Waals surface area contributed by atoms with Gasteiger partial charge in [0, 0.05) is 24.5 Å². The van der Waals surface area contributed by atoms with Crippen molar-refractivity contribution in [3.63, 3.8) is 0 Å². The van der Waals surface area contributed by atoms with Crippen molar-refractivity contribution in [1.29, 1.82) is 0 Å². The fraction of sp³-hybridized carbons (Fsp3) is 0.667. The number of aliphatic hydroxyl groups excluding tert-OH is 1. The quantitative estimate of drug-likeness (QED) is 0.738. The normalized spacial score (nSPS) is 19.5. The van der Waals surface area contributed by atoms with Crippen molar-refractivity contribution in [2.24, 2.45) is 5.41 Å². The van der Waals surface area contributed by atoms with Gasteiger partial charge in [-0.05, 0) is 19.8 Å². The van der Waals surface area contributed by atoms with Crippen LogP contribution in [0.25, 0.3) is 0 Å². The lowest BCUT2D eigenvalue weighted by Gasteiger charge is -2.06. The van der Waals surface area contributed by atoms with Gasteiger partial charge in [-0.2, -0.15) is 0 Å². The molecule has 66 valence electrons. The van der Waals surface area contributed by atoms with Crippen LogP contribution in [0.4, 0.5) is 0 Å². The Labute approximate surface area is 71.4 Å². The van der Waals surface area contributed by atoms with Gasteiger partial charge >= 0.3 is 0 Å². The second kappa shape index (κ2) is 2.59. The van der Waals surface area contributed by atoms with Crippen molar-refractivity contribution < 1.29 is 9.63 Å². The molecule has 1 aromatic rings. The van der Waals surface area contributed by atoms with E-state index in [9.17, 15) is 0 Å². The van der Waals surface area contributed by atoms with E-state index < -0.39 is 0 Å². The number of aliphatic hydroxyl groups is 1. The molecule has 1 aliphatic carbocycles. The summed E-state index contributed by atoms with van der Waals surface area (Å²) in [6.45, 7) is 2.18. The van der Waals surface area contributed by atoms with Gasteiger partial charge < -0.3 is 9.63 Å². The van der Waals surface area contributed by atoms with E-state index >= 15 is 0 Å². The predicted octanol–water partition coefficient (Wildman–Crippen LogP) is 1.30. The van der Waals surface area contributed by atoms with Gasteiger partial charge in [0.25, 0.3) is 0 Å². The average Bonchev–Trinajstić information content (AvgIpc) is 2.71. The van der Waals surface area contributed by atoms with E-state index in [-0.39, 0.29) is 12.0 Å². The summed E-state index contributed by atoms with van der Waals surface area (Å²) in [5.41, 5.74) is 1.05. The van der Waals surface area contributed by atoms with Crippen LogP contribution >= 0.6 is 0 Å². The number of hydrogen-bond donors (Lipinski definition) is 1. The highest BCUT2D eigenvalue weighted by Crippen LogP contribution is 2.47. The molecule has 0 spiro atoms. The van der Waals surface area contributed by atoms with Gasteiger partial charge in [0.15, 0.2) is 0 Å². The molecule has 1 saturated carbocycles. The molecule has 0 bridgehead atoms. The van der Waals surface area contributed by atoms with Crippen LogP contribution in [-0.4, -0.2) is 16.9 Å². The number of aryl methyl sites for hydroxylation is 1. The van der Waals surface area contributed by atoms with Gasteiger partial charge in [0.05, 0.1) is 5.69 Å². The molecule has 3 heteroatoms. The molecule has 2 rings (SSSR count). The maximum atomic E-state index is 9.06. The Bertz CT molecular complexity index is 276. The Morgan fingerprint density at radius 3 is 2.83 bits per heavy atom. The lowest BCUT2D eigenvalue weighted by atomic mass is 10.0. The van der Waals surface area contributed by atoms with Crippen LogP contribution in [0.3, 0.4) is 0 Å². The summed E-state index contributed by atoms with van der Waals surface area (Å²) in [4.78, 5) is 0. The Morgan fingerprint density at radius 2 is 2.42 bits per heavy atom. The van der Waals surface area contributed by atoms with E-state index in [0.717, 1.165) is 30.7 Å². The molecule has 1 aromatic heterocycles. The third-order valence-corrected chi connectivity index (χ3v) is 2.52. The van der Waals surface area contributed by atoms with Crippen molar-refractivity contribution >= 4 is 0 Å². The zero-order chi connectivity index (χ0) is 8.60. The maximum Gasteiger partial charge on any atom is 0.137 e. The van der Waals surface area contributed by atoms with Gasteiger partial charge in [-0.15, -0.1) is 0 Å². The van der Waals surface area contributed by atoms with Crippen LogP contribution in [0.5, 0.6) is 0 Å². The number of rotatable bonds is 3. The Morgan fingerprint density at radius 1 is 1.67 bits per heavy atom. The number of nitrogens with zero attached hydrogens (tertiary/aromatic N) is 1. The zero-order valence-corrected chi connectivity index (χ0v) is 7.21. The molecule has 0 atom stereocenters. The molecule has 3 nitrogen and oxygen atoms in total. The highest BCUT2D eigenvalue weighted by Gasteiger charge is 2.42. The monoisotopic (exact) mass is 167 g/mol. The van der Waals surface area contributed by atoms with Crippen LogP contribution in [0.1, 0.15) is 24.3 Å². The van der Waals surface area contributed by atoms with Crippen LogP contribution in [-0.2, 0) is 6.42 Å². The first-order chi connectivity index (χ1) is 5.74. The lowest BCUT2D eigenvalue weighted by molar-refractivity contribution is 0.201. The molecule has 0 aromatic carbocycles. The summed E-state index contributed by atoms with van der Waals surface area (Å²) in [6.07, 6.45) is 3.07. The van der Waals surface area contributed by atoms with Crippen molar-refractivity contribution in [1.82, 2.24) is 5.16 Å². The zero-order valence-electron chi connectivity index (χ0n) is 7.21. The third-order valence-electron chi connectivity index (χ3n) is 2.52. The summed E-state index contributed by atoms with van der Waals surface area (Å²) >= 11 is 0. The second-order valence-electron chi connectivity index (χ2n) is 3.77. The molecule has 1 N–H and O–H groups in total. The molecule has 0 aliphatic heterocycles. The molecule has 12 heavy (non-hydrogen) atoms. The minimum Gasteiger partial charge on any atom is -0.396 e. The Balaban J connectivity index is 2.04. The SMILES string of the molecule is Cc1cc(CC2(CO)CC2)on1. The minimum atomic E-state index is 0.131. The van der Waals surface area contributed by atoms with Crippen molar-refractivity contribution in [2.45, 2.75) is 26.2 Å². The van der Waals surface area contributed by atoms with Crippen LogP contribution in [0.15, 0.2) is 10.6 Å². The van der Waals surface area contributed by atoms with E-state index in [0.29, 0.717) is 0 Å². The summed E-state index contributed by atoms with van der Waals surface area (Å²) in [5, 5.41) is 12.9. The molecule has 0 radical (unpaired) electrons. The van der Waals surface area contributed by atoms with E-state index in [1.165, 1.54) is 0 Å². The molecule has 0 amide bonds. The summed E-state index contributed by atoms with van der Waals surface area (Å²) in [6, 6.07) is 1.94. The Hall–Kier alpha value is -0.830. The summed E-state index contributed by atoms with van der Waals surface area (Å²) in [7, 11) is 0. The topological polar surface area (TPSA) is 46.3 Å². The van der Waals surface area contributed by atoms with Crippen LogP contribution in [0.2, 0.25) is 0 Å². The minimum absolute atomic E-state index is 0.131. The molecular weight excluding hydrogens is 154 g/mol. The van der Waals surface area contributed by atoms with Crippen molar-refractivity contribution in [3.8, 4) is 0 Å². The van der Waals surface area contributed by atoms with Gasteiger partial charge in [-0.1, -0.05) is 5.16 Å². The van der Waals surface area contributed by atoms with Gasteiger partial charge in [0.1, 0.15) is 5.76 Å². The molecule has 0 unspecified atom stereocenters. The van der Waals surface area contributed by atoms with Crippen LogP contribution < -0.4 is 0 Å². The van der Waals surface area contributed by atoms with Crippen molar-refractivity contribution in [3.05, 3.63) is 17.5 Å². The van der Waals surface area contributed by atoms with E-state index in [1.807, 2.05) is 13.0 Å². The highest BCUT2D eigenvalue weighted by molar-refractivity contribution is 5.09. The molecule has 1 aliphatic rings. The van der Waals surface area contributed by atoms with E-state index in [2.05, 4.69) is 5.16 Å². The Kier molecular flexibility index (Phi) is 1.68. The second-order valence-corrected chi connectivity index (χ2v) is 3.77. The number of aromatic nitrogens is 1. The first-order valence-corrected chi connectivity index (χ1v) is 4.27. The first-order valence-electron chi connectivity index (χ1n) is 4.27. The standard InChI is InChI=1S/C9H13NO2/c1-7-4-8(12-10-7)5-9(6-11)2-3-9/h4,11H,2-3,5-6H2,1H3.